The Bertz CT molecular complexity index is 943. The van der Waals surface area contributed by atoms with Crippen molar-refractivity contribution in [3.63, 3.8) is 0 Å². The van der Waals surface area contributed by atoms with Crippen molar-refractivity contribution in [2.24, 2.45) is 0 Å². The Morgan fingerprint density at radius 3 is 2.26 bits per heavy atom. The number of Topliss-reactive ketones (excluding diaryl/α,β-unsaturated/α-hetero) is 1. The standard InChI is InChI=1S/C19H14F3N3O2/c20-19(21,22)27-17-7-6-13(8-15(17)23)16(26)9-18-24-10-14(11-25-18)12-4-2-1-3-5-12/h1-8,10-11H,9,23H2. The first-order valence-electron chi connectivity index (χ1n) is 7.86. The second kappa shape index (κ2) is 7.45. The Kier molecular flexibility index (Phi) is 5.07. The molecule has 0 spiro atoms. The number of alkyl halides is 3. The fourth-order valence-corrected chi connectivity index (χ4v) is 2.41. The van der Waals surface area contributed by atoms with Gasteiger partial charge >= 0.3 is 6.36 Å². The van der Waals surface area contributed by atoms with E-state index in [2.05, 4.69) is 14.7 Å². The number of benzene rings is 2. The molecular formula is C19H14F3N3O2. The summed E-state index contributed by atoms with van der Waals surface area (Å²) in [6.45, 7) is 0. The fraction of sp³-hybridized carbons (Fsp3) is 0.105. The molecule has 0 aliphatic heterocycles. The first-order valence-corrected chi connectivity index (χ1v) is 7.86. The fourth-order valence-electron chi connectivity index (χ4n) is 2.41. The van der Waals surface area contributed by atoms with Crippen LogP contribution in [0.3, 0.4) is 0 Å². The molecular weight excluding hydrogens is 359 g/mol. The van der Waals surface area contributed by atoms with Gasteiger partial charge < -0.3 is 10.5 Å². The van der Waals surface area contributed by atoms with Crippen molar-refractivity contribution in [1.29, 1.82) is 0 Å². The van der Waals surface area contributed by atoms with Crippen molar-refractivity contribution in [3.05, 3.63) is 72.3 Å². The van der Waals surface area contributed by atoms with Gasteiger partial charge in [0.1, 0.15) is 5.82 Å². The molecule has 0 aliphatic carbocycles. The third-order valence-corrected chi connectivity index (χ3v) is 3.69. The third-order valence-electron chi connectivity index (χ3n) is 3.69. The molecule has 0 unspecified atom stereocenters. The molecule has 5 nitrogen and oxygen atoms in total. The topological polar surface area (TPSA) is 78.1 Å². The van der Waals surface area contributed by atoms with Crippen molar-refractivity contribution in [1.82, 2.24) is 9.97 Å². The number of hydrogen-bond donors (Lipinski definition) is 1. The second-order valence-corrected chi connectivity index (χ2v) is 5.65. The molecule has 2 aromatic carbocycles. The van der Waals surface area contributed by atoms with Crippen LogP contribution in [0.15, 0.2) is 60.9 Å². The number of aromatic nitrogens is 2. The van der Waals surface area contributed by atoms with Crippen LogP contribution in [-0.2, 0) is 6.42 Å². The number of hydrogen-bond acceptors (Lipinski definition) is 5. The van der Waals surface area contributed by atoms with E-state index < -0.39 is 12.1 Å². The summed E-state index contributed by atoms with van der Waals surface area (Å²) in [5.74, 6) is -0.621. The number of ether oxygens (including phenoxy) is 1. The largest absolute Gasteiger partial charge is 0.573 e. The minimum atomic E-state index is -4.85. The molecule has 3 aromatic rings. The Morgan fingerprint density at radius 1 is 1.00 bits per heavy atom. The molecule has 8 heteroatoms. The molecule has 0 fully saturated rings. The predicted molar refractivity (Wildman–Crippen MR) is 93.0 cm³/mol. The van der Waals surface area contributed by atoms with Crippen LogP contribution in [0.4, 0.5) is 18.9 Å². The van der Waals surface area contributed by atoms with Crippen molar-refractivity contribution < 1.29 is 22.7 Å². The highest BCUT2D eigenvalue weighted by Crippen LogP contribution is 2.29. The van der Waals surface area contributed by atoms with Crippen LogP contribution in [-0.4, -0.2) is 22.1 Å². The maximum atomic E-state index is 12.3. The Balaban J connectivity index is 1.71. The number of nitrogens with zero attached hydrogens (tertiary/aromatic N) is 2. The van der Waals surface area contributed by atoms with Crippen LogP contribution in [0.5, 0.6) is 5.75 Å². The van der Waals surface area contributed by atoms with E-state index in [9.17, 15) is 18.0 Å². The molecule has 0 atom stereocenters. The average molecular weight is 373 g/mol. The van der Waals surface area contributed by atoms with Gasteiger partial charge in [-0.25, -0.2) is 9.97 Å². The number of nitrogens with two attached hydrogens (primary N) is 1. The highest BCUT2D eigenvalue weighted by atomic mass is 19.4. The van der Waals surface area contributed by atoms with E-state index in [0.29, 0.717) is 5.82 Å². The molecule has 1 heterocycles. The van der Waals surface area contributed by atoms with Gasteiger partial charge in [-0.2, -0.15) is 0 Å². The van der Waals surface area contributed by atoms with Crippen LogP contribution in [0.2, 0.25) is 0 Å². The zero-order valence-electron chi connectivity index (χ0n) is 13.9. The van der Waals surface area contributed by atoms with Crippen molar-refractivity contribution in [3.8, 4) is 16.9 Å². The van der Waals surface area contributed by atoms with E-state index in [1.807, 2.05) is 30.3 Å². The van der Waals surface area contributed by atoms with Gasteiger partial charge in [-0.3, -0.25) is 4.79 Å². The number of halogens is 3. The summed E-state index contributed by atoms with van der Waals surface area (Å²) in [6.07, 6.45) is -1.73. The molecule has 0 bridgehead atoms. The molecule has 0 saturated heterocycles. The van der Waals surface area contributed by atoms with Crippen LogP contribution in [0, 0.1) is 0 Å². The molecule has 0 amide bonds. The monoisotopic (exact) mass is 373 g/mol. The molecule has 3 rings (SSSR count). The highest BCUT2D eigenvalue weighted by molar-refractivity contribution is 5.98. The predicted octanol–water partition coefficient (Wildman–Crippen LogP) is 4.05. The first-order chi connectivity index (χ1) is 12.8. The SMILES string of the molecule is Nc1cc(C(=O)Cc2ncc(-c3ccccc3)cn2)ccc1OC(F)(F)F. The molecule has 27 heavy (non-hydrogen) atoms. The van der Waals surface area contributed by atoms with Crippen molar-refractivity contribution in [2.75, 3.05) is 5.73 Å². The maximum absolute atomic E-state index is 12.3. The van der Waals surface area contributed by atoms with E-state index >= 15 is 0 Å². The van der Waals surface area contributed by atoms with Crippen LogP contribution in [0.1, 0.15) is 16.2 Å². The van der Waals surface area contributed by atoms with Crippen LogP contribution in [0.25, 0.3) is 11.1 Å². The highest BCUT2D eigenvalue weighted by Gasteiger charge is 2.32. The van der Waals surface area contributed by atoms with E-state index in [1.165, 1.54) is 6.07 Å². The summed E-state index contributed by atoms with van der Waals surface area (Å²) in [4.78, 5) is 20.7. The van der Waals surface area contributed by atoms with Crippen molar-refractivity contribution in [2.45, 2.75) is 12.8 Å². The lowest BCUT2D eigenvalue weighted by Crippen LogP contribution is -2.18. The molecule has 1 aromatic heterocycles. The molecule has 0 radical (unpaired) electrons. The normalized spacial score (nSPS) is 11.2. The quantitative estimate of drug-likeness (QED) is 0.539. The first kappa shape index (κ1) is 18.4. The summed E-state index contributed by atoms with van der Waals surface area (Å²) in [5, 5.41) is 0. The Labute approximate surface area is 152 Å². The smallest absolute Gasteiger partial charge is 0.404 e. The summed E-state index contributed by atoms with van der Waals surface area (Å²) in [6, 6.07) is 12.9. The number of rotatable bonds is 5. The molecule has 0 aliphatic rings. The van der Waals surface area contributed by atoms with Gasteiger partial charge in [-0.1, -0.05) is 30.3 Å². The average Bonchev–Trinajstić information content (AvgIpc) is 2.63. The summed E-state index contributed by atoms with van der Waals surface area (Å²) >= 11 is 0. The zero-order chi connectivity index (χ0) is 19.4. The van der Waals surface area contributed by atoms with Gasteiger partial charge in [0.2, 0.25) is 0 Å². The maximum Gasteiger partial charge on any atom is 0.573 e. The van der Waals surface area contributed by atoms with Crippen molar-refractivity contribution >= 4 is 11.5 Å². The minimum Gasteiger partial charge on any atom is -0.404 e. The lowest BCUT2D eigenvalue weighted by Gasteiger charge is -2.11. The summed E-state index contributed by atoms with van der Waals surface area (Å²) in [5.41, 5.74) is 7.16. The molecule has 138 valence electrons. The Hall–Kier alpha value is -3.42. The number of anilines is 1. The van der Waals surface area contributed by atoms with Crippen LogP contribution < -0.4 is 10.5 Å². The minimum absolute atomic E-state index is 0.103. The number of ketones is 1. The van der Waals surface area contributed by atoms with Gasteiger partial charge in [0.15, 0.2) is 11.5 Å². The Morgan fingerprint density at radius 2 is 1.67 bits per heavy atom. The zero-order valence-corrected chi connectivity index (χ0v) is 13.9. The lowest BCUT2D eigenvalue weighted by molar-refractivity contribution is -0.274. The van der Waals surface area contributed by atoms with Gasteiger partial charge in [-0.05, 0) is 23.8 Å². The number of carbonyl (C=O) groups excluding carboxylic acids is 1. The molecule has 0 saturated carbocycles. The van der Waals surface area contributed by atoms with Gasteiger partial charge in [0.25, 0.3) is 0 Å². The summed E-state index contributed by atoms with van der Waals surface area (Å²) < 4.78 is 40.6. The van der Waals surface area contributed by atoms with E-state index in [0.717, 1.165) is 23.3 Å². The third kappa shape index (κ3) is 4.81. The van der Waals surface area contributed by atoms with Gasteiger partial charge in [0, 0.05) is 23.5 Å². The number of carbonyl (C=O) groups is 1. The molecule has 2 N–H and O–H groups in total. The van der Waals surface area contributed by atoms with E-state index in [-0.39, 0.29) is 23.5 Å². The lowest BCUT2D eigenvalue weighted by atomic mass is 10.1. The van der Waals surface area contributed by atoms with E-state index in [1.54, 1.807) is 12.4 Å². The van der Waals surface area contributed by atoms with Gasteiger partial charge in [0.05, 0.1) is 12.1 Å². The summed E-state index contributed by atoms with van der Waals surface area (Å²) in [7, 11) is 0. The van der Waals surface area contributed by atoms with E-state index in [4.69, 9.17) is 5.73 Å². The van der Waals surface area contributed by atoms with Gasteiger partial charge in [-0.15, -0.1) is 13.2 Å². The second-order valence-electron chi connectivity index (χ2n) is 5.65. The number of nitrogen functional groups attached to an aromatic ring is 1. The van der Waals surface area contributed by atoms with Crippen LogP contribution >= 0.6 is 0 Å².